The number of rotatable bonds is 5. The molecular weight excluding hydrogens is 475 g/mol. The van der Waals surface area contributed by atoms with Crippen molar-refractivity contribution in [2.45, 2.75) is 57.7 Å². The molecule has 0 unspecified atom stereocenters. The molecule has 2 bridgehead atoms. The molecule has 3 heterocycles. The molecular formula is C21H21ClF3N7O2. The minimum atomic E-state index is -2.61. The second kappa shape index (κ2) is 8.26. The van der Waals surface area contributed by atoms with Gasteiger partial charge in [0.1, 0.15) is 24.2 Å². The Kier molecular flexibility index (Phi) is 5.50. The van der Waals surface area contributed by atoms with Gasteiger partial charge >= 0.3 is 6.03 Å². The summed E-state index contributed by atoms with van der Waals surface area (Å²) in [7, 11) is 0. The number of urea groups is 1. The van der Waals surface area contributed by atoms with Crippen molar-refractivity contribution >= 4 is 23.3 Å². The molecule has 0 radical (unpaired) electrons. The minimum absolute atomic E-state index is 0.0160. The van der Waals surface area contributed by atoms with E-state index in [1.165, 1.54) is 6.07 Å². The maximum atomic E-state index is 14.7. The van der Waals surface area contributed by atoms with Crippen molar-refractivity contribution in [1.82, 2.24) is 29.9 Å². The molecule has 2 aliphatic rings. The van der Waals surface area contributed by atoms with E-state index in [1.54, 1.807) is 11.8 Å². The van der Waals surface area contributed by atoms with Crippen molar-refractivity contribution in [3.8, 4) is 11.4 Å². The fourth-order valence-corrected chi connectivity index (χ4v) is 5.31. The van der Waals surface area contributed by atoms with Crippen molar-refractivity contribution in [1.29, 1.82) is 0 Å². The summed E-state index contributed by atoms with van der Waals surface area (Å²) in [4.78, 5) is 18.9. The number of aryl methyl sites for hydroxylation is 1. The number of nitrogens with one attached hydrogen (secondary N) is 1. The Morgan fingerprint density at radius 3 is 2.85 bits per heavy atom. The van der Waals surface area contributed by atoms with Gasteiger partial charge in [0, 0.05) is 24.9 Å². The molecule has 13 heteroatoms. The highest BCUT2D eigenvalue weighted by molar-refractivity contribution is 6.33. The van der Waals surface area contributed by atoms with Crippen LogP contribution in [0.25, 0.3) is 11.4 Å². The lowest BCUT2D eigenvalue weighted by Crippen LogP contribution is -2.70. The summed E-state index contributed by atoms with van der Waals surface area (Å²) in [5, 5.41) is 14.6. The number of hydrogen-bond donors (Lipinski definition) is 1. The summed E-state index contributed by atoms with van der Waals surface area (Å²) in [6, 6.07) is 1.76. The number of amides is 2. The smallest absolute Gasteiger partial charge is 0.323 e. The molecule has 180 valence electrons. The van der Waals surface area contributed by atoms with E-state index in [1.807, 2.05) is 0 Å². The van der Waals surface area contributed by atoms with Crippen molar-refractivity contribution in [3.63, 3.8) is 0 Å². The van der Waals surface area contributed by atoms with Crippen LogP contribution in [0.3, 0.4) is 0 Å². The number of carbonyl (C=O) groups excluding carboxylic acids is 1. The van der Waals surface area contributed by atoms with Gasteiger partial charge in [-0.05, 0) is 30.9 Å². The Morgan fingerprint density at radius 2 is 2.15 bits per heavy atom. The molecule has 2 aromatic heterocycles. The van der Waals surface area contributed by atoms with Crippen LogP contribution in [0.5, 0.6) is 0 Å². The van der Waals surface area contributed by atoms with Gasteiger partial charge in [-0.3, -0.25) is 0 Å². The molecule has 1 saturated heterocycles. The predicted octanol–water partition coefficient (Wildman–Crippen LogP) is 4.63. The van der Waals surface area contributed by atoms with Crippen molar-refractivity contribution in [2.24, 2.45) is 5.92 Å². The number of piperidine rings is 1. The van der Waals surface area contributed by atoms with Crippen LogP contribution in [0.2, 0.25) is 5.02 Å². The van der Waals surface area contributed by atoms with Gasteiger partial charge < -0.3 is 14.6 Å². The zero-order valence-corrected chi connectivity index (χ0v) is 19.1. The number of halogens is 4. The van der Waals surface area contributed by atoms with E-state index < -0.39 is 30.4 Å². The molecule has 9 nitrogen and oxygen atoms in total. The van der Waals surface area contributed by atoms with Gasteiger partial charge in [0.2, 0.25) is 11.8 Å². The van der Waals surface area contributed by atoms with Gasteiger partial charge in [0.15, 0.2) is 5.82 Å². The zero-order chi connectivity index (χ0) is 24.2. The highest BCUT2D eigenvalue weighted by Gasteiger charge is 2.62. The molecule has 34 heavy (non-hydrogen) atoms. The molecule has 1 N–H and O–H groups in total. The number of likely N-dealkylation sites (tertiary alicyclic amines) is 1. The molecule has 1 aliphatic heterocycles. The summed E-state index contributed by atoms with van der Waals surface area (Å²) in [5.41, 5.74) is -0.676. The van der Waals surface area contributed by atoms with Gasteiger partial charge in [0.25, 0.3) is 6.43 Å². The normalized spacial score (nSPS) is 23.8. The number of fused-ring (bicyclic) bond motifs is 2. The number of anilines is 1. The molecule has 2 amide bonds. The molecule has 2 fully saturated rings. The first-order chi connectivity index (χ1) is 16.2. The second-order valence-electron chi connectivity index (χ2n) is 8.85. The number of benzene rings is 1. The molecule has 0 spiro atoms. The number of alkyl halides is 2. The average molecular weight is 496 g/mol. The zero-order valence-electron chi connectivity index (χ0n) is 18.3. The molecule has 1 saturated carbocycles. The Hall–Kier alpha value is -3.15. The molecule has 1 aliphatic carbocycles. The van der Waals surface area contributed by atoms with Gasteiger partial charge in [-0.1, -0.05) is 18.5 Å². The lowest BCUT2D eigenvalue weighted by Gasteiger charge is -2.61. The summed E-state index contributed by atoms with van der Waals surface area (Å²) in [5.74, 6) is 0.403. The van der Waals surface area contributed by atoms with E-state index in [9.17, 15) is 18.0 Å². The van der Waals surface area contributed by atoms with Gasteiger partial charge in [-0.15, -0.1) is 10.2 Å². The van der Waals surface area contributed by atoms with E-state index in [0.717, 1.165) is 23.5 Å². The summed E-state index contributed by atoms with van der Waals surface area (Å²) < 4.78 is 46.7. The van der Waals surface area contributed by atoms with Crippen LogP contribution in [0.4, 0.5) is 23.7 Å². The topological polar surface area (TPSA) is 102 Å². The van der Waals surface area contributed by atoms with Crippen LogP contribution in [-0.2, 0) is 12.1 Å². The van der Waals surface area contributed by atoms with Crippen LogP contribution in [0.1, 0.15) is 38.0 Å². The first kappa shape index (κ1) is 22.6. The first-order valence-corrected chi connectivity index (χ1v) is 11.1. The first-order valence-electron chi connectivity index (χ1n) is 10.7. The fraction of sp³-hybridized carbons (Fsp3) is 0.476. The van der Waals surface area contributed by atoms with Crippen LogP contribution < -0.4 is 5.32 Å². The van der Waals surface area contributed by atoms with Crippen LogP contribution in [0, 0.1) is 18.7 Å². The third kappa shape index (κ3) is 3.79. The molecule has 1 aromatic carbocycles. The molecule has 3 atom stereocenters. The number of aromatic nitrogens is 5. The summed E-state index contributed by atoms with van der Waals surface area (Å²) >= 11 is 6.16. The Balaban J connectivity index is 1.42. The van der Waals surface area contributed by atoms with Gasteiger partial charge in [0.05, 0.1) is 10.7 Å². The van der Waals surface area contributed by atoms with Crippen molar-refractivity contribution < 1.29 is 22.4 Å². The van der Waals surface area contributed by atoms with Crippen LogP contribution >= 0.6 is 11.6 Å². The highest BCUT2D eigenvalue weighted by Crippen LogP contribution is 2.55. The number of hydrogen-bond acceptors (Lipinski definition) is 6. The largest absolute Gasteiger partial charge is 0.423 e. The third-order valence-electron chi connectivity index (χ3n) is 6.30. The Labute approximate surface area is 197 Å². The van der Waals surface area contributed by atoms with E-state index >= 15 is 0 Å². The third-order valence-corrected chi connectivity index (χ3v) is 6.62. The monoisotopic (exact) mass is 495 g/mol. The van der Waals surface area contributed by atoms with E-state index in [0.29, 0.717) is 30.5 Å². The van der Waals surface area contributed by atoms with Crippen LogP contribution in [-0.4, -0.2) is 48.4 Å². The Morgan fingerprint density at radius 1 is 1.35 bits per heavy atom. The SMILES string of the molecule is Cc1nnc([C@@]23C[C@@H](C)C[C@@H](C2)N3C(=O)Nc2cc(-c3ncn(CC(F)F)n3)c(Cl)cc2F)o1. The van der Waals surface area contributed by atoms with E-state index in [-0.39, 0.29) is 28.1 Å². The van der Waals surface area contributed by atoms with Crippen molar-refractivity contribution in [3.05, 3.63) is 41.1 Å². The average Bonchev–Trinajstić information content (AvgIpc) is 3.38. The molecule has 3 aromatic rings. The maximum absolute atomic E-state index is 14.7. The Bertz CT molecular complexity index is 1250. The predicted molar refractivity (Wildman–Crippen MR) is 115 cm³/mol. The summed E-state index contributed by atoms with van der Waals surface area (Å²) in [6.07, 6.45) is 0.673. The van der Waals surface area contributed by atoms with Crippen LogP contribution in [0.15, 0.2) is 22.9 Å². The fourth-order valence-electron chi connectivity index (χ4n) is 5.07. The van der Waals surface area contributed by atoms with Crippen molar-refractivity contribution in [2.75, 3.05) is 5.32 Å². The standard InChI is InChI=1S/C21H21ClF3N7O2/c1-10-3-12-7-21(6-10,19-29-28-11(2)34-19)32(12)20(33)27-16-4-13(14(22)5-15(16)23)18-26-9-31(30-18)8-17(24)25/h4-5,9-10,12,17H,3,6-8H2,1-2H3,(H,27,33)/t10-,12-,21+/m0/s1. The number of nitrogens with zero attached hydrogens (tertiary/aromatic N) is 6. The van der Waals surface area contributed by atoms with E-state index in [2.05, 4.69) is 32.5 Å². The summed E-state index contributed by atoms with van der Waals surface area (Å²) in [6.45, 7) is 3.15. The van der Waals surface area contributed by atoms with Gasteiger partial charge in [-0.2, -0.15) is 5.10 Å². The quantitative estimate of drug-likeness (QED) is 0.554. The van der Waals surface area contributed by atoms with Gasteiger partial charge in [-0.25, -0.2) is 27.6 Å². The second-order valence-corrected chi connectivity index (χ2v) is 9.26. The maximum Gasteiger partial charge on any atom is 0.323 e. The lowest BCUT2D eigenvalue weighted by molar-refractivity contribution is -0.110. The van der Waals surface area contributed by atoms with E-state index in [4.69, 9.17) is 16.0 Å². The minimum Gasteiger partial charge on any atom is -0.423 e. The molecule has 5 rings (SSSR count). The highest BCUT2D eigenvalue weighted by atomic mass is 35.5. The number of carbonyl (C=O) groups is 1. The lowest BCUT2D eigenvalue weighted by atomic mass is 9.64.